The van der Waals surface area contributed by atoms with E-state index in [2.05, 4.69) is 17.2 Å². The van der Waals surface area contributed by atoms with Gasteiger partial charge in [-0.15, -0.1) is 0 Å². The molecular formula is C18H20Cl2N2O3S. The van der Waals surface area contributed by atoms with E-state index in [1.165, 1.54) is 13.3 Å². The highest BCUT2D eigenvalue weighted by Gasteiger charge is 2.22. The number of carbonyl (C=O) groups is 2. The highest BCUT2D eigenvalue weighted by molar-refractivity contribution is 8.18. The molecule has 0 radical (unpaired) electrons. The van der Waals surface area contributed by atoms with Gasteiger partial charge in [-0.1, -0.05) is 49.4 Å². The van der Waals surface area contributed by atoms with Crippen LogP contribution in [-0.4, -0.2) is 23.6 Å². The van der Waals surface area contributed by atoms with Crippen molar-refractivity contribution in [3.8, 4) is 5.75 Å². The second kappa shape index (κ2) is 10.00. The van der Waals surface area contributed by atoms with Crippen molar-refractivity contribution >= 4 is 58.0 Å². The zero-order valence-electron chi connectivity index (χ0n) is 14.6. The Hall–Kier alpha value is -1.50. The topological polar surface area (TPSA) is 67.8 Å². The van der Waals surface area contributed by atoms with Crippen molar-refractivity contribution in [2.75, 3.05) is 6.61 Å². The first-order valence-electron chi connectivity index (χ1n) is 8.32. The van der Waals surface area contributed by atoms with Crippen LogP contribution in [0.15, 0.2) is 22.0 Å². The number of aliphatic imine (C=N–C) groups is 1. The molecule has 0 aliphatic carbocycles. The number of unbranched alkanes of at least 4 members (excludes halogenated alkanes) is 3. The van der Waals surface area contributed by atoms with E-state index in [9.17, 15) is 9.59 Å². The average Bonchev–Trinajstić information content (AvgIpc) is 2.88. The number of hydrogen-bond donors (Lipinski definition) is 1. The van der Waals surface area contributed by atoms with Gasteiger partial charge in [-0.25, -0.2) is 0 Å². The molecule has 2 amide bonds. The molecule has 0 saturated heterocycles. The van der Waals surface area contributed by atoms with Gasteiger partial charge in [0.05, 0.1) is 21.6 Å². The van der Waals surface area contributed by atoms with Crippen LogP contribution < -0.4 is 10.1 Å². The lowest BCUT2D eigenvalue weighted by molar-refractivity contribution is -0.117. The van der Waals surface area contributed by atoms with Crippen LogP contribution in [-0.2, 0) is 9.59 Å². The second-order valence-electron chi connectivity index (χ2n) is 5.74. The van der Waals surface area contributed by atoms with E-state index in [4.69, 9.17) is 27.9 Å². The largest absolute Gasteiger partial charge is 0.490 e. The Morgan fingerprint density at radius 2 is 1.96 bits per heavy atom. The summed E-state index contributed by atoms with van der Waals surface area (Å²) in [7, 11) is 0. The number of benzene rings is 1. The van der Waals surface area contributed by atoms with Crippen LogP contribution in [0.2, 0.25) is 10.0 Å². The molecule has 0 saturated carbocycles. The Morgan fingerprint density at radius 3 is 2.58 bits per heavy atom. The summed E-state index contributed by atoms with van der Waals surface area (Å²) < 4.78 is 5.69. The van der Waals surface area contributed by atoms with Crippen LogP contribution in [0.25, 0.3) is 6.08 Å². The van der Waals surface area contributed by atoms with Crippen LogP contribution in [0, 0.1) is 0 Å². The number of carbonyl (C=O) groups excluding carboxylic acids is 2. The Kier molecular flexibility index (Phi) is 8.00. The van der Waals surface area contributed by atoms with Gasteiger partial charge in [-0.3, -0.25) is 9.59 Å². The maximum Gasteiger partial charge on any atom is 0.286 e. The lowest BCUT2D eigenvalue weighted by Gasteiger charge is -2.11. The molecule has 1 heterocycles. The molecule has 2 rings (SSSR count). The first kappa shape index (κ1) is 20.8. The number of ether oxygens (including phenoxy) is 1. The number of halogens is 2. The minimum Gasteiger partial charge on any atom is -0.490 e. The third kappa shape index (κ3) is 6.04. The fourth-order valence-corrected chi connectivity index (χ4v) is 3.74. The Morgan fingerprint density at radius 1 is 1.27 bits per heavy atom. The molecule has 0 spiro atoms. The third-order valence-corrected chi connectivity index (χ3v) is 4.93. The molecule has 0 aromatic heterocycles. The maximum absolute atomic E-state index is 11.9. The summed E-state index contributed by atoms with van der Waals surface area (Å²) in [5, 5.41) is 3.53. The summed E-state index contributed by atoms with van der Waals surface area (Å²) in [5.41, 5.74) is 0.661. The summed E-state index contributed by atoms with van der Waals surface area (Å²) in [6, 6.07) is 3.37. The quantitative estimate of drug-likeness (QED) is 0.499. The normalized spacial score (nSPS) is 15.3. The van der Waals surface area contributed by atoms with Crippen molar-refractivity contribution in [1.82, 2.24) is 5.32 Å². The highest BCUT2D eigenvalue weighted by atomic mass is 35.5. The van der Waals surface area contributed by atoms with E-state index >= 15 is 0 Å². The van der Waals surface area contributed by atoms with E-state index in [1.807, 2.05) is 0 Å². The molecular weight excluding hydrogens is 395 g/mol. The summed E-state index contributed by atoms with van der Waals surface area (Å²) >= 11 is 13.6. The molecule has 1 aliphatic rings. The van der Waals surface area contributed by atoms with Crippen molar-refractivity contribution < 1.29 is 14.3 Å². The molecule has 1 aliphatic heterocycles. The predicted octanol–water partition coefficient (Wildman–Crippen LogP) is 5.06. The minimum atomic E-state index is -0.415. The van der Waals surface area contributed by atoms with E-state index in [1.54, 1.807) is 18.2 Å². The van der Waals surface area contributed by atoms with Crippen LogP contribution in [0.4, 0.5) is 0 Å². The number of nitrogens with zero attached hydrogens (tertiary/aromatic N) is 1. The summed E-state index contributed by atoms with van der Waals surface area (Å²) in [6.07, 6.45) is 6.02. The number of amides is 2. The number of amidine groups is 1. The Balaban J connectivity index is 2.05. The van der Waals surface area contributed by atoms with Crippen molar-refractivity contribution in [3.63, 3.8) is 0 Å². The number of rotatable bonds is 7. The molecule has 8 heteroatoms. The second-order valence-corrected chi connectivity index (χ2v) is 7.58. The zero-order chi connectivity index (χ0) is 19.1. The number of hydrogen-bond acceptors (Lipinski definition) is 4. The van der Waals surface area contributed by atoms with Crippen molar-refractivity contribution in [1.29, 1.82) is 0 Å². The van der Waals surface area contributed by atoms with Crippen LogP contribution in [0.3, 0.4) is 0 Å². The van der Waals surface area contributed by atoms with Crippen molar-refractivity contribution in [2.24, 2.45) is 4.99 Å². The lowest BCUT2D eigenvalue weighted by atomic mass is 10.2. The number of thioether (sulfide) groups is 1. The molecule has 1 aromatic rings. The van der Waals surface area contributed by atoms with Gasteiger partial charge in [0.25, 0.3) is 5.91 Å². The van der Waals surface area contributed by atoms with Gasteiger partial charge in [-0.2, -0.15) is 4.99 Å². The fraction of sp³-hybridized carbons (Fsp3) is 0.389. The van der Waals surface area contributed by atoms with Crippen molar-refractivity contribution in [3.05, 3.63) is 32.6 Å². The van der Waals surface area contributed by atoms with Gasteiger partial charge >= 0.3 is 0 Å². The fourth-order valence-electron chi connectivity index (χ4n) is 2.27. The summed E-state index contributed by atoms with van der Waals surface area (Å²) in [5.74, 6) is -0.244. The predicted molar refractivity (Wildman–Crippen MR) is 108 cm³/mol. The van der Waals surface area contributed by atoms with E-state index in [0.29, 0.717) is 32.9 Å². The monoisotopic (exact) mass is 414 g/mol. The summed E-state index contributed by atoms with van der Waals surface area (Å²) in [4.78, 5) is 27.1. The molecule has 26 heavy (non-hydrogen) atoms. The maximum atomic E-state index is 11.9. The highest BCUT2D eigenvalue weighted by Crippen LogP contribution is 2.36. The molecule has 1 aromatic carbocycles. The lowest BCUT2D eigenvalue weighted by Crippen LogP contribution is -2.23. The Labute approximate surface area is 167 Å². The minimum absolute atomic E-state index is 0.262. The molecule has 0 atom stereocenters. The smallest absolute Gasteiger partial charge is 0.286 e. The Bertz CT molecular complexity index is 740. The van der Waals surface area contributed by atoms with E-state index in [0.717, 1.165) is 31.0 Å². The summed E-state index contributed by atoms with van der Waals surface area (Å²) in [6.45, 7) is 4.07. The van der Waals surface area contributed by atoms with E-state index < -0.39 is 5.91 Å². The SMILES string of the molecule is CCCCCCOc1c(Cl)cc(C=C2SC(NC(C)=O)=NC2=O)cc1Cl. The molecule has 5 nitrogen and oxygen atoms in total. The molecule has 0 fully saturated rings. The van der Waals surface area contributed by atoms with Gasteiger partial charge in [-0.05, 0) is 42.0 Å². The number of nitrogens with one attached hydrogen (secondary N) is 1. The first-order valence-corrected chi connectivity index (χ1v) is 9.90. The standard InChI is InChI=1S/C18H20Cl2N2O3S/c1-3-4-5-6-7-25-16-13(19)8-12(9-14(16)20)10-15-17(24)22-18(26-15)21-11(2)23/h8-10H,3-7H2,1-2H3,(H,21,22,23,24). The first-order chi connectivity index (χ1) is 12.4. The molecule has 1 N–H and O–H groups in total. The van der Waals surface area contributed by atoms with Gasteiger partial charge in [0, 0.05) is 6.92 Å². The molecule has 140 valence electrons. The van der Waals surface area contributed by atoms with Gasteiger partial charge < -0.3 is 10.1 Å². The van der Waals surface area contributed by atoms with Crippen LogP contribution in [0.5, 0.6) is 5.75 Å². The zero-order valence-corrected chi connectivity index (χ0v) is 16.9. The van der Waals surface area contributed by atoms with Crippen LogP contribution in [0.1, 0.15) is 45.1 Å². The van der Waals surface area contributed by atoms with Gasteiger partial charge in [0.1, 0.15) is 0 Å². The van der Waals surface area contributed by atoms with Gasteiger partial charge in [0.2, 0.25) is 5.91 Å². The average molecular weight is 415 g/mol. The van der Waals surface area contributed by atoms with Gasteiger partial charge in [0.15, 0.2) is 10.9 Å². The third-order valence-electron chi connectivity index (χ3n) is 3.47. The van der Waals surface area contributed by atoms with Crippen molar-refractivity contribution in [2.45, 2.75) is 39.5 Å². The molecule has 0 unspecified atom stereocenters. The van der Waals surface area contributed by atoms with Crippen LogP contribution >= 0.6 is 35.0 Å². The van der Waals surface area contributed by atoms with E-state index in [-0.39, 0.29) is 11.1 Å². The molecule has 0 bridgehead atoms.